The molecule has 0 saturated heterocycles. The monoisotopic (exact) mass is 282 g/mol. The first kappa shape index (κ1) is 15.4. The van der Waals surface area contributed by atoms with Gasteiger partial charge in [-0.15, -0.1) is 0 Å². The number of amides is 1. The molecule has 19 heavy (non-hydrogen) atoms. The van der Waals surface area contributed by atoms with E-state index in [1.165, 1.54) is 19.2 Å². The molecule has 0 aliphatic heterocycles. The van der Waals surface area contributed by atoms with Crippen molar-refractivity contribution in [3.63, 3.8) is 0 Å². The highest BCUT2D eigenvalue weighted by Crippen LogP contribution is 2.12. The second kappa shape index (κ2) is 6.49. The minimum atomic E-state index is -3.70. The van der Waals surface area contributed by atoms with Crippen LogP contribution >= 0.6 is 0 Å². The van der Waals surface area contributed by atoms with E-state index in [9.17, 15) is 13.2 Å². The topological polar surface area (TPSA) is 75.3 Å². The van der Waals surface area contributed by atoms with Gasteiger partial charge in [0.15, 0.2) is 0 Å². The first-order chi connectivity index (χ1) is 8.94. The Labute approximate surface area is 113 Å². The molecule has 1 aromatic rings. The third-order valence-electron chi connectivity index (χ3n) is 2.69. The summed E-state index contributed by atoms with van der Waals surface area (Å²) in [5, 5.41) is 2.43. The van der Waals surface area contributed by atoms with Crippen molar-refractivity contribution < 1.29 is 13.2 Å². The van der Waals surface area contributed by atoms with Crippen LogP contribution in [0.5, 0.6) is 0 Å². The fourth-order valence-electron chi connectivity index (χ4n) is 1.53. The number of rotatable bonds is 6. The lowest BCUT2D eigenvalue weighted by atomic mass is 10.2. The Morgan fingerprint density at radius 1 is 1.37 bits per heavy atom. The van der Waals surface area contributed by atoms with E-state index in [1.54, 1.807) is 25.1 Å². The molecule has 5 nitrogen and oxygen atoms in total. The summed E-state index contributed by atoms with van der Waals surface area (Å²) in [7, 11) is -2.23. The summed E-state index contributed by atoms with van der Waals surface area (Å²) in [6.45, 7) is 5.34. The van der Waals surface area contributed by atoms with Crippen molar-refractivity contribution in [2.24, 2.45) is 0 Å². The van der Waals surface area contributed by atoms with Crippen LogP contribution in [0.25, 0.3) is 6.08 Å². The molecule has 1 atom stereocenters. The van der Waals surface area contributed by atoms with Gasteiger partial charge in [-0.05, 0) is 24.1 Å². The Morgan fingerprint density at radius 2 is 1.95 bits per heavy atom. The van der Waals surface area contributed by atoms with Crippen LogP contribution in [0.15, 0.2) is 35.7 Å². The zero-order valence-electron chi connectivity index (χ0n) is 11.0. The summed E-state index contributed by atoms with van der Waals surface area (Å²) >= 11 is 0. The molecule has 0 fully saturated rings. The van der Waals surface area contributed by atoms with Crippen LogP contribution in [0.1, 0.15) is 18.9 Å². The normalized spacial score (nSPS) is 12.7. The lowest BCUT2D eigenvalue weighted by Gasteiger charge is -2.15. The van der Waals surface area contributed by atoms with Gasteiger partial charge in [0, 0.05) is 7.05 Å². The van der Waals surface area contributed by atoms with Crippen molar-refractivity contribution in [2.75, 3.05) is 7.05 Å². The quantitative estimate of drug-likeness (QED) is 0.821. The Kier molecular flexibility index (Phi) is 5.26. The van der Waals surface area contributed by atoms with Gasteiger partial charge in [0.2, 0.25) is 15.9 Å². The molecule has 1 rings (SSSR count). The molecule has 0 heterocycles. The second-order valence-corrected chi connectivity index (χ2v) is 5.68. The number of sulfonamides is 1. The molecule has 0 aliphatic carbocycles. The summed E-state index contributed by atoms with van der Waals surface area (Å²) in [6.07, 6.45) is 2.01. The van der Waals surface area contributed by atoms with E-state index in [-0.39, 0.29) is 10.8 Å². The second-order valence-electron chi connectivity index (χ2n) is 3.97. The van der Waals surface area contributed by atoms with Gasteiger partial charge in [-0.1, -0.05) is 31.7 Å². The third kappa shape index (κ3) is 3.90. The Hall–Kier alpha value is -1.66. The highest BCUT2D eigenvalue weighted by atomic mass is 32.2. The molecule has 1 unspecified atom stereocenters. The number of carbonyl (C=O) groups is 1. The predicted octanol–water partition coefficient (Wildman–Crippen LogP) is 1.13. The van der Waals surface area contributed by atoms with Gasteiger partial charge in [-0.3, -0.25) is 4.79 Å². The van der Waals surface area contributed by atoms with E-state index in [0.29, 0.717) is 6.42 Å². The van der Waals surface area contributed by atoms with Crippen LogP contribution in [0.3, 0.4) is 0 Å². The van der Waals surface area contributed by atoms with Gasteiger partial charge >= 0.3 is 0 Å². The number of nitrogens with one attached hydrogen (secondary N) is 2. The van der Waals surface area contributed by atoms with Crippen LogP contribution in [-0.4, -0.2) is 27.4 Å². The summed E-state index contributed by atoms with van der Waals surface area (Å²) < 4.78 is 26.6. The maximum absolute atomic E-state index is 12.1. The summed E-state index contributed by atoms with van der Waals surface area (Å²) in [4.78, 5) is 11.6. The molecule has 1 amide bonds. The molecule has 0 bridgehead atoms. The van der Waals surface area contributed by atoms with Crippen LogP contribution in [-0.2, 0) is 14.8 Å². The van der Waals surface area contributed by atoms with E-state index in [1.807, 2.05) is 0 Å². The minimum Gasteiger partial charge on any atom is -0.358 e. The van der Waals surface area contributed by atoms with Crippen molar-refractivity contribution in [3.05, 3.63) is 36.4 Å². The molecule has 104 valence electrons. The molecule has 0 aliphatic rings. The standard InChI is InChI=1S/C13H18N2O3S/c1-4-10-6-8-11(9-7-10)19(17,18)15-12(5-2)13(16)14-3/h4,6-9,12,15H,1,5H2,2-3H3,(H,14,16). The zero-order chi connectivity index (χ0) is 14.5. The Balaban J connectivity index is 2.96. The van der Waals surface area contributed by atoms with Crippen molar-refractivity contribution in [2.45, 2.75) is 24.3 Å². The summed E-state index contributed by atoms with van der Waals surface area (Å²) in [5.74, 6) is -0.353. The third-order valence-corrected chi connectivity index (χ3v) is 4.18. The fraction of sp³-hybridized carbons (Fsp3) is 0.308. The van der Waals surface area contributed by atoms with Crippen molar-refractivity contribution in [1.82, 2.24) is 10.0 Å². The Bertz CT molecular complexity index is 550. The average Bonchev–Trinajstić information content (AvgIpc) is 2.44. The molecule has 6 heteroatoms. The zero-order valence-corrected chi connectivity index (χ0v) is 11.8. The first-order valence-electron chi connectivity index (χ1n) is 5.91. The van der Waals surface area contributed by atoms with Gasteiger partial charge in [-0.25, -0.2) is 8.42 Å². The number of likely N-dealkylation sites (N-methyl/N-ethyl adjacent to an activating group) is 1. The summed E-state index contributed by atoms with van der Waals surface area (Å²) in [6, 6.07) is 5.51. The lowest BCUT2D eigenvalue weighted by Crippen LogP contribution is -2.45. The molecule has 0 radical (unpaired) electrons. The number of carbonyl (C=O) groups excluding carboxylic acids is 1. The van der Waals surface area contributed by atoms with E-state index in [2.05, 4.69) is 16.6 Å². The van der Waals surface area contributed by atoms with Crippen LogP contribution < -0.4 is 10.0 Å². The first-order valence-corrected chi connectivity index (χ1v) is 7.39. The van der Waals surface area contributed by atoms with E-state index < -0.39 is 16.1 Å². The van der Waals surface area contributed by atoms with Crippen LogP contribution in [0.2, 0.25) is 0 Å². The van der Waals surface area contributed by atoms with Gasteiger partial charge in [0.05, 0.1) is 4.90 Å². The SMILES string of the molecule is C=Cc1ccc(S(=O)(=O)NC(CC)C(=O)NC)cc1. The van der Waals surface area contributed by atoms with E-state index in [0.717, 1.165) is 5.56 Å². The van der Waals surface area contributed by atoms with Gasteiger partial charge in [-0.2, -0.15) is 4.72 Å². The molecule has 0 saturated carbocycles. The molecule has 0 spiro atoms. The predicted molar refractivity (Wildman–Crippen MR) is 75.0 cm³/mol. The highest BCUT2D eigenvalue weighted by Gasteiger charge is 2.23. The molecule has 0 aromatic heterocycles. The maximum atomic E-state index is 12.1. The average molecular weight is 282 g/mol. The molecular weight excluding hydrogens is 264 g/mol. The lowest BCUT2D eigenvalue weighted by molar-refractivity contribution is -0.122. The largest absolute Gasteiger partial charge is 0.358 e. The van der Waals surface area contributed by atoms with Crippen LogP contribution in [0.4, 0.5) is 0 Å². The Morgan fingerprint density at radius 3 is 2.37 bits per heavy atom. The maximum Gasteiger partial charge on any atom is 0.241 e. The number of hydrogen-bond donors (Lipinski definition) is 2. The van der Waals surface area contributed by atoms with Crippen molar-refractivity contribution in [3.8, 4) is 0 Å². The van der Waals surface area contributed by atoms with Gasteiger partial charge in [0.25, 0.3) is 0 Å². The highest BCUT2D eigenvalue weighted by molar-refractivity contribution is 7.89. The molecular formula is C13H18N2O3S. The number of benzene rings is 1. The smallest absolute Gasteiger partial charge is 0.241 e. The fourth-order valence-corrected chi connectivity index (χ4v) is 2.81. The van der Waals surface area contributed by atoms with Gasteiger partial charge < -0.3 is 5.32 Å². The van der Waals surface area contributed by atoms with Gasteiger partial charge in [0.1, 0.15) is 6.04 Å². The van der Waals surface area contributed by atoms with Crippen LogP contribution in [0, 0.1) is 0 Å². The minimum absolute atomic E-state index is 0.125. The van der Waals surface area contributed by atoms with Crippen molar-refractivity contribution >= 4 is 22.0 Å². The molecule has 2 N–H and O–H groups in total. The number of hydrogen-bond acceptors (Lipinski definition) is 3. The van der Waals surface area contributed by atoms with E-state index >= 15 is 0 Å². The summed E-state index contributed by atoms with van der Waals surface area (Å²) in [5.41, 5.74) is 0.831. The van der Waals surface area contributed by atoms with Crippen molar-refractivity contribution in [1.29, 1.82) is 0 Å². The molecule has 1 aromatic carbocycles. The van der Waals surface area contributed by atoms with E-state index in [4.69, 9.17) is 0 Å².